The number of hydrogen-bond donors (Lipinski definition) is 1. The fourth-order valence-electron chi connectivity index (χ4n) is 2.55. The molecule has 2 rings (SSSR count). The van der Waals surface area contributed by atoms with Crippen LogP contribution in [-0.2, 0) is 10.0 Å². The van der Waals surface area contributed by atoms with Gasteiger partial charge in [0.05, 0.1) is 24.8 Å². The second-order valence-electron chi connectivity index (χ2n) is 5.40. The molecule has 0 aromatic heterocycles. The molecule has 5 nitrogen and oxygen atoms in total. The lowest BCUT2D eigenvalue weighted by molar-refractivity contribution is 0.413. The van der Waals surface area contributed by atoms with Crippen molar-refractivity contribution < 1.29 is 17.9 Å². The van der Waals surface area contributed by atoms with E-state index >= 15 is 0 Å². The molecule has 23 heavy (non-hydrogen) atoms. The van der Waals surface area contributed by atoms with E-state index in [4.69, 9.17) is 9.47 Å². The van der Waals surface area contributed by atoms with Crippen LogP contribution in [0.15, 0.2) is 35.2 Å². The van der Waals surface area contributed by atoms with Gasteiger partial charge in [-0.25, -0.2) is 8.42 Å². The van der Waals surface area contributed by atoms with Gasteiger partial charge in [0, 0.05) is 0 Å². The predicted octanol–water partition coefficient (Wildman–Crippen LogP) is 3.43. The van der Waals surface area contributed by atoms with Crippen molar-refractivity contribution in [3.05, 3.63) is 47.0 Å². The molecule has 0 amide bonds. The van der Waals surface area contributed by atoms with E-state index in [1.165, 1.54) is 7.11 Å². The number of aryl methyl sites for hydroxylation is 3. The maximum Gasteiger partial charge on any atom is 0.262 e. The number of anilines is 1. The lowest BCUT2D eigenvalue weighted by atomic mass is 10.1. The van der Waals surface area contributed by atoms with E-state index in [1.54, 1.807) is 45.2 Å². The SMILES string of the molecule is COc1cc(C)c(S(=O)(=O)Nc2cc(C)ccc2OC)c(C)c1. The van der Waals surface area contributed by atoms with Gasteiger partial charge in [-0.3, -0.25) is 4.72 Å². The zero-order valence-corrected chi connectivity index (χ0v) is 14.7. The standard InChI is InChI=1S/C17H21NO4S/c1-11-6-7-16(22-5)15(8-11)18-23(19,20)17-12(2)9-14(21-4)10-13(17)3/h6-10,18H,1-5H3. The summed E-state index contributed by atoms with van der Waals surface area (Å²) in [6.07, 6.45) is 0. The summed E-state index contributed by atoms with van der Waals surface area (Å²) in [5.41, 5.74) is 2.61. The zero-order valence-electron chi connectivity index (χ0n) is 13.9. The van der Waals surface area contributed by atoms with E-state index in [2.05, 4.69) is 4.72 Å². The molecule has 124 valence electrons. The first-order valence-electron chi connectivity index (χ1n) is 7.11. The third kappa shape index (κ3) is 3.59. The second kappa shape index (κ2) is 6.50. The third-order valence-electron chi connectivity index (χ3n) is 3.54. The van der Waals surface area contributed by atoms with Crippen molar-refractivity contribution in [2.24, 2.45) is 0 Å². The summed E-state index contributed by atoms with van der Waals surface area (Å²) in [7, 11) is -0.674. The van der Waals surface area contributed by atoms with Crippen LogP contribution in [0.5, 0.6) is 11.5 Å². The van der Waals surface area contributed by atoms with Crippen molar-refractivity contribution in [2.45, 2.75) is 25.7 Å². The smallest absolute Gasteiger partial charge is 0.262 e. The normalized spacial score (nSPS) is 11.2. The number of rotatable bonds is 5. The van der Waals surface area contributed by atoms with E-state index in [0.717, 1.165) is 5.56 Å². The quantitative estimate of drug-likeness (QED) is 0.909. The maximum absolute atomic E-state index is 12.8. The van der Waals surface area contributed by atoms with Crippen LogP contribution in [0.2, 0.25) is 0 Å². The minimum Gasteiger partial charge on any atom is -0.497 e. The molecule has 0 unspecified atom stereocenters. The van der Waals surface area contributed by atoms with Crippen LogP contribution in [0.3, 0.4) is 0 Å². The molecule has 0 radical (unpaired) electrons. The maximum atomic E-state index is 12.8. The summed E-state index contributed by atoms with van der Waals surface area (Å²) < 4.78 is 38.7. The number of nitrogens with one attached hydrogen (secondary N) is 1. The molecule has 0 saturated heterocycles. The summed E-state index contributed by atoms with van der Waals surface area (Å²) in [5, 5.41) is 0. The highest BCUT2D eigenvalue weighted by Gasteiger charge is 2.22. The molecular weight excluding hydrogens is 314 g/mol. The lowest BCUT2D eigenvalue weighted by Crippen LogP contribution is -2.16. The van der Waals surface area contributed by atoms with E-state index in [0.29, 0.717) is 28.3 Å². The molecule has 1 N–H and O–H groups in total. The molecule has 6 heteroatoms. The highest BCUT2D eigenvalue weighted by atomic mass is 32.2. The molecule has 0 heterocycles. The van der Waals surface area contributed by atoms with Crippen molar-refractivity contribution >= 4 is 15.7 Å². The fraction of sp³-hybridized carbons (Fsp3) is 0.294. The third-order valence-corrected chi connectivity index (χ3v) is 5.21. The van der Waals surface area contributed by atoms with Gasteiger partial charge in [0.2, 0.25) is 0 Å². The first kappa shape index (κ1) is 17.1. The molecule has 2 aromatic carbocycles. The average molecular weight is 335 g/mol. The van der Waals surface area contributed by atoms with Crippen LogP contribution in [0.4, 0.5) is 5.69 Å². The van der Waals surface area contributed by atoms with E-state index in [-0.39, 0.29) is 4.90 Å². The number of ether oxygens (including phenoxy) is 2. The van der Waals surface area contributed by atoms with E-state index in [9.17, 15) is 8.42 Å². The summed E-state index contributed by atoms with van der Waals surface area (Å²) in [6.45, 7) is 5.39. The highest BCUT2D eigenvalue weighted by Crippen LogP contribution is 2.31. The van der Waals surface area contributed by atoms with Crippen molar-refractivity contribution in [3.63, 3.8) is 0 Å². The van der Waals surface area contributed by atoms with Crippen molar-refractivity contribution in [2.75, 3.05) is 18.9 Å². The molecule has 0 spiro atoms. The van der Waals surface area contributed by atoms with E-state index < -0.39 is 10.0 Å². The number of benzene rings is 2. The van der Waals surface area contributed by atoms with Crippen molar-refractivity contribution in [1.29, 1.82) is 0 Å². The van der Waals surface area contributed by atoms with Gasteiger partial charge in [-0.1, -0.05) is 6.07 Å². The molecule has 0 fully saturated rings. The lowest BCUT2D eigenvalue weighted by Gasteiger charge is -2.16. The van der Waals surface area contributed by atoms with Crippen LogP contribution in [-0.4, -0.2) is 22.6 Å². The average Bonchev–Trinajstić information content (AvgIpc) is 2.45. The Morgan fingerprint density at radius 2 is 1.52 bits per heavy atom. The summed E-state index contributed by atoms with van der Waals surface area (Å²) >= 11 is 0. The number of hydrogen-bond acceptors (Lipinski definition) is 4. The Morgan fingerprint density at radius 3 is 2.04 bits per heavy atom. The molecular formula is C17H21NO4S. The summed E-state index contributed by atoms with van der Waals surface area (Å²) in [4.78, 5) is 0.252. The Kier molecular flexibility index (Phi) is 4.85. The number of sulfonamides is 1. The van der Waals surface area contributed by atoms with Crippen LogP contribution in [0.1, 0.15) is 16.7 Å². The van der Waals surface area contributed by atoms with Gasteiger partial charge in [-0.15, -0.1) is 0 Å². The molecule has 0 aliphatic rings. The van der Waals surface area contributed by atoms with Crippen LogP contribution in [0, 0.1) is 20.8 Å². The predicted molar refractivity (Wildman–Crippen MR) is 91.0 cm³/mol. The fourth-order valence-corrected chi connectivity index (χ4v) is 4.07. The number of methoxy groups -OCH3 is 2. The van der Waals surface area contributed by atoms with Crippen molar-refractivity contribution in [3.8, 4) is 11.5 Å². The Bertz CT molecular complexity index is 805. The van der Waals surface area contributed by atoms with Gasteiger partial charge >= 0.3 is 0 Å². The van der Waals surface area contributed by atoms with Crippen LogP contribution < -0.4 is 14.2 Å². The molecule has 0 aliphatic carbocycles. The topological polar surface area (TPSA) is 64.6 Å². The van der Waals surface area contributed by atoms with Gasteiger partial charge in [0.15, 0.2) is 0 Å². The molecule has 2 aromatic rings. The second-order valence-corrected chi connectivity index (χ2v) is 7.02. The largest absolute Gasteiger partial charge is 0.497 e. The summed E-state index contributed by atoms with van der Waals surface area (Å²) in [6, 6.07) is 8.75. The first-order valence-corrected chi connectivity index (χ1v) is 8.59. The van der Waals surface area contributed by atoms with Gasteiger partial charge in [0.25, 0.3) is 10.0 Å². The van der Waals surface area contributed by atoms with Gasteiger partial charge in [-0.2, -0.15) is 0 Å². The van der Waals surface area contributed by atoms with Gasteiger partial charge in [0.1, 0.15) is 11.5 Å². The Balaban J connectivity index is 2.50. The Morgan fingerprint density at radius 1 is 0.913 bits per heavy atom. The monoisotopic (exact) mass is 335 g/mol. The van der Waals surface area contributed by atoms with Gasteiger partial charge < -0.3 is 9.47 Å². The molecule has 0 saturated carbocycles. The minimum atomic E-state index is -3.73. The Labute approximate surface area is 137 Å². The van der Waals surface area contributed by atoms with Crippen molar-refractivity contribution in [1.82, 2.24) is 0 Å². The summed E-state index contributed by atoms with van der Waals surface area (Å²) in [5.74, 6) is 1.11. The minimum absolute atomic E-state index is 0.252. The molecule has 0 bridgehead atoms. The highest BCUT2D eigenvalue weighted by molar-refractivity contribution is 7.92. The first-order chi connectivity index (χ1) is 10.8. The van der Waals surface area contributed by atoms with Crippen LogP contribution in [0.25, 0.3) is 0 Å². The van der Waals surface area contributed by atoms with Gasteiger partial charge in [-0.05, 0) is 61.7 Å². The van der Waals surface area contributed by atoms with E-state index in [1.807, 2.05) is 13.0 Å². The molecule has 0 aliphatic heterocycles. The Hall–Kier alpha value is -2.21. The zero-order chi connectivity index (χ0) is 17.2. The van der Waals surface area contributed by atoms with Crippen LogP contribution >= 0.6 is 0 Å². The molecule has 0 atom stereocenters.